The summed E-state index contributed by atoms with van der Waals surface area (Å²) in [6.45, 7) is 2.04. The minimum Gasteiger partial charge on any atom is -0.497 e. The van der Waals surface area contributed by atoms with Gasteiger partial charge >= 0.3 is 0 Å². The van der Waals surface area contributed by atoms with Crippen molar-refractivity contribution in [3.63, 3.8) is 0 Å². The van der Waals surface area contributed by atoms with Gasteiger partial charge in [0.25, 0.3) is 0 Å². The molecule has 2 N–H and O–H groups in total. The minimum absolute atomic E-state index is 0.318. The van der Waals surface area contributed by atoms with Gasteiger partial charge in [-0.05, 0) is 30.2 Å². The van der Waals surface area contributed by atoms with Crippen LogP contribution in [0.3, 0.4) is 0 Å². The summed E-state index contributed by atoms with van der Waals surface area (Å²) < 4.78 is 10.4. The van der Waals surface area contributed by atoms with Crippen molar-refractivity contribution in [2.45, 2.75) is 6.92 Å². The van der Waals surface area contributed by atoms with Crippen LogP contribution in [0.5, 0.6) is 5.75 Å². The Morgan fingerprint density at radius 2 is 1.76 bits per heavy atom. The molecule has 0 spiro atoms. The molecule has 3 rings (SSSR count). The van der Waals surface area contributed by atoms with E-state index in [0.717, 1.165) is 33.7 Å². The van der Waals surface area contributed by atoms with Gasteiger partial charge in [0.1, 0.15) is 11.4 Å². The van der Waals surface area contributed by atoms with Crippen molar-refractivity contribution in [1.29, 1.82) is 0 Å². The van der Waals surface area contributed by atoms with E-state index in [2.05, 4.69) is 5.16 Å². The maximum Gasteiger partial charge on any atom is 0.230 e. The smallest absolute Gasteiger partial charge is 0.230 e. The van der Waals surface area contributed by atoms with Gasteiger partial charge in [0, 0.05) is 5.56 Å². The van der Waals surface area contributed by atoms with E-state index in [-0.39, 0.29) is 0 Å². The second-order valence-corrected chi connectivity index (χ2v) is 4.81. The molecule has 1 heterocycles. The molecule has 0 bridgehead atoms. The average Bonchev–Trinajstić information content (AvgIpc) is 2.89. The first-order chi connectivity index (χ1) is 10.2. The fraction of sp³-hybridized carbons (Fsp3) is 0.118. The molecule has 2 aromatic carbocycles. The number of anilines is 1. The fourth-order valence-corrected chi connectivity index (χ4v) is 2.36. The maximum absolute atomic E-state index is 5.97. The molecule has 3 aromatic rings. The Labute approximate surface area is 123 Å². The van der Waals surface area contributed by atoms with Crippen LogP contribution in [0.25, 0.3) is 22.4 Å². The normalized spacial score (nSPS) is 10.6. The Balaban J connectivity index is 2.15. The molecule has 0 unspecified atom stereocenters. The van der Waals surface area contributed by atoms with Gasteiger partial charge in [-0.15, -0.1) is 0 Å². The molecule has 0 aliphatic carbocycles. The molecule has 1 aromatic heterocycles. The molecule has 0 saturated carbocycles. The van der Waals surface area contributed by atoms with Crippen LogP contribution >= 0.6 is 0 Å². The predicted molar refractivity (Wildman–Crippen MR) is 83.1 cm³/mol. The van der Waals surface area contributed by atoms with Gasteiger partial charge in [-0.25, -0.2) is 0 Å². The van der Waals surface area contributed by atoms with Gasteiger partial charge in [-0.3, -0.25) is 0 Å². The van der Waals surface area contributed by atoms with E-state index in [0.29, 0.717) is 5.88 Å². The summed E-state index contributed by atoms with van der Waals surface area (Å²) in [7, 11) is 1.64. The van der Waals surface area contributed by atoms with Gasteiger partial charge in [0.15, 0.2) is 0 Å². The second-order valence-electron chi connectivity index (χ2n) is 4.81. The van der Waals surface area contributed by atoms with Gasteiger partial charge in [0.05, 0.1) is 12.7 Å². The molecule has 0 aliphatic rings. The minimum atomic E-state index is 0.318. The predicted octanol–water partition coefficient (Wildman–Crippen LogP) is 3.91. The molecule has 0 fully saturated rings. The SMILES string of the molecule is COc1ccc(-c2c(-c3ccccc3C)noc2N)cc1. The van der Waals surface area contributed by atoms with Crippen LogP contribution in [0.15, 0.2) is 53.1 Å². The summed E-state index contributed by atoms with van der Waals surface area (Å²) in [5.41, 5.74) is 10.6. The van der Waals surface area contributed by atoms with Crippen LogP contribution in [0.1, 0.15) is 5.56 Å². The van der Waals surface area contributed by atoms with Crippen molar-refractivity contribution in [1.82, 2.24) is 5.16 Å². The van der Waals surface area contributed by atoms with Gasteiger partial charge in [-0.2, -0.15) is 0 Å². The first kappa shape index (κ1) is 13.2. The number of methoxy groups -OCH3 is 1. The fourth-order valence-electron chi connectivity index (χ4n) is 2.36. The van der Waals surface area contributed by atoms with Crippen LogP contribution < -0.4 is 10.5 Å². The van der Waals surface area contributed by atoms with E-state index < -0.39 is 0 Å². The summed E-state index contributed by atoms with van der Waals surface area (Å²) in [4.78, 5) is 0. The number of rotatable bonds is 3. The molecule has 0 aliphatic heterocycles. The van der Waals surface area contributed by atoms with Crippen LogP contribution in [-0.4, -0.2) is 12.3 Å². The van der Waals surface area contributed by atoms with Gasteiger partial charge in [-0.1, -0.05) is 41.6 Å². The van der Waals surface area contributed by atoms with Crippen molar-refractivity contribution < 1.29 is 9.26 Å². The lowest BCUT2D eigenvalue weighted by atomic mass is 9.98. The lowest BCUT2D eigenvalue weighted by molar-refractivity contribution is 0.415. The van der Waals surface area contributed by atoms with E-state index in [1.807, 2.05) is 55.5 Å². The zero-order valence-corrected chi connectivity index (χ0v) is 12.0. The number of aryl methyl sites for hydroxylation is 1. The summed E-state index contributed by atoms with van der Waals surface area (Å²) in [6, 6.07) is 15.7. The highest BCUT2D eigenvalue weighted by molar-refractivity contribution is 5.87. The molecule has 4 heteroatoms. The van der Waals surface area contributed by atoms with E-state index in [1.54, 1.807) is 7.11 Å². The van der Waals surface area contributed by atoms with Crippen LogP contribution in [0.2, 0.25) is 0 Å². The molecule has 106 valence electrons. The van der Waals surface area contributed by atoms with E-state index in [9.17, 15) is 0 Å². The van der Waals surface area contributed by atoms with Crippen molar-refractivity contribution in [2.75, 3.05) is 12.8 Å². The molecule has 4 nitrogen and oxygen atoms in total. The number of hydrogen-bond donors (Lipinski definition) is 1. The summed E-state index contributed by atoms with van der Waals surface area (Å²) in [6.07, 6.45) is 0. The van der Waals surface area contributed by atoms with E-state index in [4.69, 9.17) is 15.0 Å². The van der Waals surface area contributed by atoms with E-state index in [1.165, 1.54) is 0 Å². The van der Waals surface area contributed by atoms with Crippen molar-refractivity contribution in [2.24, 2.45) is 0 Å². The monoisotopic (exact) mass is 280 g/mol. The summed E-state index contributed by atoms with van der Waals surface area (Å²) in [5, 5.41) is 4.13. The topological polar surface area (TPSA) is 61.3 Å². The third-order valence-corrected chi connectivity index (χ3v) is 3.50. The Bertz CT molecular complexity index is 761. The lowest BCUT2D eigenvalue weighted by Crippen LogP contribution is -1.90. The number of aromatic nitrogens is 1. The number of ether oxygens (including phenoxy) is 1. The standard InChI is InChI=1S/C17H16N2O2/c1-11-5-3-4-6-14(11)16-15(17(18)21-19-16)12-7-9-13(20-2)10-8-12/h3-10H,18H2,1-2H3. The number of nitrogens with two attached hydrogens (primary N) is 1. The quantitative estimate of drug-likeness (QED) is 0.790. The first-order valence-electron chi connectivity index (χ1n) is 6.66. The number of nitrogens with zero attached hydrogens (tertiary/aromatic N) is 1. The highest BCUT2D eigenvalue weighted by Gasteiger charge is 2.18. The molecule has 0 radical (unpaired) electrons. The van der Waals surface area contributed by atoms with Crippen LogP contribution in [0.4, 0.5) is 5.88 Å². The van der Waals surface area contributed by atoms with Gasteiger partial charge in [0.2, 0.25) is 5.88 Å². The molecular formula is C17H16N2O2. The van der Waals surface area contributed by atoms with Crippen LogP contribution in [0, 0.1) is 6.92 Å². The molecular weight excluding hydrogens is 264 g/mol. The van der Waals surface area contributed by atoms with Crippen molar-refractivity contribution in [3.8, 4) is 28.1 Å². The van der Waals surface area contributed by atoms with Crippen molar-refractivity contribution >= 4 is 5.88 Å². The number of benzene rings is 2. The number of hydrogen-bond acceptors (Lipinski definition) is 4. The Hall–Kier alpha value is -2.75. The Morgan fingerprint density at radius 3 is 2.43 bits per heavy atom. The highest BCUT2D eigenvalue weighted by atomic mass is 16.5. The average molecular weight is 280 g/mol. The first-order valence-corrected chi connectivity index (χ1v) is 6.66. The number of nitrogen functional groups attached to an aromatic ring is 1. The largest absolute Gasteiger partial charge is 0.497 e. The lowest BCUT2D eigenvalue weighted by Gasteiger charge is -2.06. The Morgan fingerprint density at radius 1 is 1.05 bits per heavy atom. The highest BCUT2D eigenvalue weighted by Crippen LogP contribution is 2.37. The van der Waals surface area contributed by atoms with Crippen molar-refractivity contribution in [3.05, 3.63) is 54.1 Å². The Kier molecular flexibility index (Phi) is 3.36. The zero-order chi connectivity index (χ0) is 14.8. The maximum atomic E-state index is 5.97. The van der Waals surface area contributed by atoms with E-state index >= 15 is 0 Å². The molecule has 0 amide bonds. The zero-order valence-electron chi connectivity index (χ0n) is 12.0. The molecule has 21 heavy (non-hydrogen) atoms. The summed E-state index contributed by atoms with van der Waals surface area (Å²) >= 11 is 0. The second kappa shape index (κ2) is 5.32. The molecule has 0 atom stereocenters. The van der Waals surface area contributed by atoms with Crippen LogP contribution in [-0.2, 0) is 0 Å². The third-order valence-electron chi connectivity index (χ3n) is 3.50. The summed E-state index contributed by atoms with van der Waals surface area (Å²) in [5.74, 6) is 1.12. The third kappa shape index (κ3) is 2.36. The van der Waals surface area contributed by atoms with Gasteiger partial charge < -0.3 is 15.0 Å². The molecule has 0 saturated heterocycles.